The topological polar surface area (TPSA) is 85.8 Å². The summed E-state index contributed by atoms with van der Waals surface area (Å²) < 4.78 is 2.09. The van der Waals surface area contributed by atoms with Crippen LogP contribution in [-0.4, -0.2) is 25.7 Å². The first-order chi connectivity index (χ1) is 9.00. The maximum Gasteiger partial charge on any atom is 0.276 e. The molecule has 0 spiro atoms. The number of anilines is 1. The third-order valence-corrected chi connectivity index (χ3v) is 3.27. The van der Waals surface area contributed by atoms with Gasteiger partial charge in [-0.2, -0.15) is 5.10 Å². The van der Waals surface area contributed by atoms with Gasteiger partial charge in [0.1, 0.15) is 16.5 Å². The molecule has 2 heterocycles. The number of amides is 1. The van der Waals surface area contributed by atoms with E-state index in [0.29, 0.717) is 15.9 Å². The third-order valence-electron chi connectivity index (χ3n) is 2.41. The van der Waals surface area contributed by atoms with Gasteiger partial charge >= 0.3 is 0 Å². The van der Waals surface area contributed by atoms with Crippen molar-refractivity contribution in [3.63, 3.8) is 0 Å². The van der Waals surface area contributed by atoms with Crippen molar-refractivity contribution >= 4 is 44.9 Å². The van der Waals surface area contributed by atoms with E-state index in [0.717, 1.165) is 0 Å². The van der Waals surface area contributed by atoms with Crippen LogP contribution in [0, 0.1) is 0 Å². The number of nitrogens with two attached hydrogens (primary N) is 1. The zero-order valence-corrected chi connectivity index (χ0v) is 12.3. The number of pyridine rings is 1. The molecule has 0 aromatic carbocycles. The van der Waals surface area contributed by atoms with Gasteiger partial charge in [-0.15, -0.1) is 0 Å². The van der Waals surface area contributed by atoms with E-state index in [1.54, 1.807) is 19.2 Å². The van der Waals surface area contributed by atoms with Crippen LogP contribution >= 0.6 is 28.1 Å². The molecule has 0 bridgehead atoms. The van der Waals surface area contributed by atoms with Gasteiger partial charge in [0, 0.05) is 17.7 Å². The molecule has 2 rings (SSSR count). The number of aryl methyl sites for hydroxylation is 1. The first kappa shape index (κ1) is 13.6. The first-order valence-corrected chi connectivity index (χ1v) is 6.44. The molecular formula is C11H10BrN5OS. The second-order valence-corrected chi connectivity index (χ2v) is 4.98. The minimum absolute atomic E-state index is 0.170. The van der Waals surface area contributed by atoms with E-state index in [1.165, 1.54) is 17.1 Å². The van der Waals surface area contributed by atoms with Gasteiger partial charge in [-0.05, 0) is 28.1 Å². The maximum absolute atomic E-state index is 12.1. The lowest BCUT2D eigenvalue weighted by Gasteiger charge is -2.08. The van der Waals surface area contributed by atoms with Crippen LogP contribution < -0.4 is 11.1 Å². The fourth-order valence-corrected chi connectivity index (χ4v) is 2.07. The SMILES string of the molecule is Cn1ncc(C(N)=S)c1NC(=O)c1ncccc1Br. The van der Waals surface area contributed by atoms with Gasteiger partial charge in [0.15, 0.2) is 0 Å². The standard InChI is InChI=1S/C11H10BrN5OS/c1-17-10(6(5-15-17)9(13)19)16-11(18)8-7(12)3-2-4-14-8/h2-5H,1H3,(H2,13,19)(H,16,18). The van der Waals surface area contributed by atoms with Gasteiger partial charge in [0.2, 0.25) is 0 Å². The Bertz CT molecular complexity index is 654. The number of hydrogen-bond donors (Lipinski definition) is 2. The van der Waals surface area contributed by atoms with Crippen molar-refractivity contribution in [1.29, 1.82) is 0 Å². The van der Waals surface area contributed by atoms with Gasteiger partial charge in [-0.25, -0.2) is 4.98 Å². The largest absolute Gasteiger partial charge is 0.389 e. The second-order valence-electron chi connectivity index (χ2n) is 3.68. The summed E-state index contributed by atoms with van der Waals surface area (Å²) in [6.45, 7) is 0. The molecule has 0 saturated carbocycles. The third kappa shape index (κ3) is 2.79. The van der Waals surface area contributed by atoms with E-state index in [2.05, 4.69) is 31.3 Å². The molecule has 0 unspecified atom stereocenters. The number of thiocarbonyl (C=S) groups is 1. The quantitative estimate of drug-likeness (QED) is 0.827. The van der Waals surface area contributed by atoms with Crippen LogP contribution in [0.2, 0.25) is 0 Å². The minimum atomic E-state index is -0.367. The molecule has 0 radical (unpaired) electrons. The average molecular weight is 340 g/mol. The van der Waals surface area contributed by atoms with Gasteiger partial charge in [-0.3, -0.25) is 9.48 Å². The molecule has 0 aliphatic rings. The molecule has 0 aliphatic carbocycles. The smallest absolute Gasteiger partial charge is 0.276 e. The first-order valence-electron chi connectivity index (χ1n) is 5.24. The number of carbonyl (C=O) groups is 1. The van der Waals surface area contributed by atoms with Gasteiger partial charge in [0.25, 0.3) is 5.91 Å². The van der Waals surface area contributed by atoms with Crippen LogP contribution in [0.5, 0.6) is 0 Å². The fraction of sp³-hybridized carbons (Fsp3) is 0.0909. The van der Waals surface area contributed by atoms with Crippen LogP contribution in [0.3, 0.4) is 0 Å². The molecule has 2 aromatic heterocycles. The van der Waals surface area contributed by atoms with Crippen LogP contribution in [0.15, 0.2) is 29.0 Å². The van der Waals surface area contributed by atoms with Crippen LogP contribution in [0.1, 0.15) is 16.1 Å². The molecule has 2 aromatic rings. The highest BCUT2D eigenvalue weighted by Gasteiger charge is 2.17. The molecule has 8 heteroatoms. The molecule has 1 amide bonds. The van der Waals surface area contributed by atoms with Gasteiger partial charge in [-0.1, -0.05) is 12.2 Å². The lowest BCUT2D eigenvalue weighted by molar-refractivity contribution is 0.102. The van der Waals surface area contributed by atoms with E-state index in [9.17, 15) is 4.79 Å². The summed E-state index contributed by atoms with van der Waals surface area (Å²) in [7, 11) is 1.69. The molecule has 0 saturated heterocycles. The molecule has 0 atom stereocenters. The zero-order valence-electron chi connectivity index (χ0n) is 9.92. The predicted molar refractivity (Wildman–Crippen MR) is 79.0 cm³/mol. The Labute approximate surface area is 123 Å². The number of rotatable bonds is 3. The Morgan fingerprint density at radius 2 is 2.32 bits per heavy atom. The lowest BCUT2D eigenvalue weighted by atomic mass is 10.3. The second kappa shape index (κ2) is 5.45. The summed E-state index contributed by atoms with van der Waals surface area (Å²) in [4.78, 5) is 16.3. The van der Waals surface area contributed by atoms with E-state index in [1.807, 2.05) is 0 Å². The lowest BCUT2D eigenvalue weighted by Crippen LogP contribution is -2.20. The number of hydrogen-bond acceptors (Lipinski definition) is 4. The Kier molecular flexibility index (Phi) is 3.91. The van der Waals surface area contributed by atoms with Crippen molar-refractivity contribution in [1.82, 2.24) is 14.8 Å². The number of aromatic nitrogens is 3. The molecule has 19 heavy (non-hydrogen) atoms. The monoisotopic (exact) mass is 339 g/mol. The highest BCUT2D eigenvalue weighted by atomic mass is 79.9. The normalized spacial score (nSPS) is 10.2. The Hall–Kier alpha value is -1.80. The molecule has 0 fully saturated rings. The van der Waals surface area contributed by atoms with E-state index >= 15 is 0 Å². The Morgan fingerprint density at radius 3 is 2.95 bits per heavy atom. The van der Waals surface area contributed by atoms with E-state index < -0.39 is 0 Å². The van der Waals surface area contributed by atoms with E-state index in [-0.39, 0.29) is 16.6 Å². The number of nitrogens with zero attached hydrogens (tertiary/aromatic N) is 3. The fourth-order valence-electron chi connectivity index (χ4n) is 1.49. The minimum Gasteiger partial charge on any atom is -0.389 e. The van der Waals surface area contributed by atoms with Crippen LogP contribution in [0.25, 0.3) is 0 Å². The summed E-state index contributed by atoms with van der Waals surface area (Å²) in [5.74, 6) is 0.0728. The van der Waals surface area contributed by atoms with Crippen LogP contribution in [0.4, 0.5) is 5.82 Å². The maximum atomic E-state index is 12.1. The van der Waals surface area contributed by atoms with Gasteiger partial charge < -0.3 is 11.1 Å². The summed E-state index contributed by atoms with van der Waals surface area (Å²) >= 11 is 8.18. The summed E-state index contributed by atoms with van der Waals surface area (Å²) in [5.41, 5.74) is 6.36. The average Bonchev–Trinajstić information content (AvgIpc) is 2.71. The van der Waals surface area contributed by atoms with Crippen molar-refractivity contribution in [2.24, 2.45) is 12.8 Å². The number of halogens is 1. The number of nitrogens with one attached hydrogen (secondary N) is 1. The van der Waals surface area contributed by atoms with Crippen molar-refractivity contribution in [2.75, 3.05) is 5.32 Å². The number of carbonyl (C=O) groups excluding carboxylic acids is 1. The van der Waals surface area contributed by atoms with Gasteiger partial charge in [0.05, 0.1) is 11.8 Å². The molecule has 98 valence electrons. The highest BCUT2D eigenvalue weighted by Crippen LogP contribution is 2.18. The van der Waals surface area contributed by atoms with Crippen molar-refractivity contribution in [3.8, 4) is 0 Å². The molecule has 3 N–H and O–H groups in total. The summed E-state index contributed by atoms with van der Waals surface area (Å²) in [5, 5.41) is 6.71. The molecule has 6 nitrogen and oxygen atoms in total. The highest BCUT2D eigenvalue weighted by molar-refractivity contribution is 9.10. The molecule has 0 aliphatic heterocycles. The zero-order chi connectivity index (χ0) is 14.0. The Morgan fingerprint density at radius 1 is 1.58 bits per heavy atom. The summed E-state index contributed by atoms with van der Waals surface area (Å²) in [6, 6.07) is 3.46. The van der Waals surface area contributed by atoms with Crippen molar-refractivity contribution in [3.05, 3.63) is 40.3 Å². The van der Waals surface area contributed by atoms with E-state index in [4.69, 9.17) is 18.0 Å². The summed E-state index contributed by atoms with van der Waals surface area (Å²) in [6.07, 6.45) is 3.04. The van der Waals surface area contributed by atoms with Crippen LogP contribution in [-0.2, 0) is 7.05 Å². The van der Waals surface area contributed by atoms with Crippen molar-refractivity contribution < 1.29 is 4.79 Å². The Balaban J connectivity index is 2.32. The van der Waals surface area contributed by atoms with Crippen molar-refractivity contribution in [2.45, 2.75) is 0 Å². The molecular weight excluding hydrogens is 330 g/mol. The predicted octanol–water partition coefficient (Wildman–Crippen LogP) is 1.46.